The van der Waals surface area contributed by atoms with Gasteiger partial charge in [0.1, 0.15) is 6.54 Å². The lowest BCUT2D eigenvalue weighted by Crippen LogP contribution is -2.42. The quantitative estimate of drug-likeness (QED) is 0.795. The third-order valence-electron chi connectivity index (χ3n) is 4.20. The molecule has 1 saturated heterocycles. The van der Waals surface area contributed by atoms with E-state index in [0.29, 0.717) is 11.6 Å². The fourth-order valence-corrected chi connectivity index (χ4v) is 2.63. The number of rotatable bonds is 3. The number of ketones is 1. The Labute approximate surface area is 124 Å². The van der Waals surface area contributed by atoms with Crippen LogP contribution in [0, 0.1) is 12.8 Å². The summed E-state index contributed by atoms with van der Waals surface area (Å²) in [6.07, 6.45) is 2.01. The lowest BCUT2D eigenvalue weighted by Gasteiger charge is -2.30. The molecule has 1 aliphatic rings. The Hall–Kier alpha value is -1.91. The predicted octanol–water partition coefficient (Wildman–Crippen LogP) is 1.62. The highest BCUT2D eigenvalue weighted by Gasteiger charge is 2.21. The topological polar surface area (TPSA) is 59.4 Å². The molecule has 1 aromatic rings. The molecule has 0 bridgehead atoms. The van der Waals surface area contributed by atoms with Crippen LogP contribution in [0.15, 0.2) is 16.9 Å². The first-order chi connectivity index (χ1) is 9.90. The fourth-order valence-electron chi connectivity index (χ4n) is 2.63. The van der Waals surface area contributed by atoms with Gasteiger partial charge in [-0.15, -0.1) is 0 Å². The molecule has 0 aliphatic carbocycles. The molecule has 0 radical (unpaired) electrons. The number of aromatic nitrogens is 1. The molecule has 0 saturated carbocycles. The van der Waals surface area contributed by atoms with Gasteiger partial charge in [0.15, 0.2) is 5.78 Å². The highest BCUT2D eigenvalue weighted by atomic mass is 16.2. The zero-order chi connectivity index (χ0) is 15.6. The third kappa shape index (κ3) is 3.40. The van der Waals surface area contributed by atoms with E-state index in [0.717, 1.165) is 25.9 Å². The second-order valence-electron chi connectivity index (χ2n) is 5.90. The number of aryl methyl sites for hydroxylation is 1. The van der Waals surface area contributed by atoms with Gasteiger partial charge in [0.2, 0.25) is 5.91 Å². The van der Waals surface area contributed by atoms with Gasteiger partial charge in [-0.3, -0.25) is 14.4 Å². The molecule has 0 aromatic carbocycles. The number of carbonyl (C=O) groups is 2. The molecule has 2 heterocycles. The molecule has 21 heavy (non-hydrogen) atoms. The van der Waals surface area contributed by atoms with Crippen LogP contribution < -0.4 is 5.56 Å². The molecule has 1 fully saturated rings. The summed E-state index contributed by atoms with van der Waals surface area (Å²) in [5.74, 6) is 0.334. The third-order valence-corrected chi connectivity index (χ3v) is 4.20. The van der Waals surface area contributed by atoms with Gasteiger partial charge in [0.25, 0.3) is 5.56 Å². The van der Waals surface area contributed by atoms with Gasteiger partial charge in [-0.25, -0.2) is 0 Å². The molecule has 5 heteroatoms. The van der Waals surface area contributed by atoms with E-state index in [4.69, 9.17) is 0 Å². The highest BCUT2D eigenvalue weighted by Crippen LogP contribution is 2.16. The van der Waals surface area contributed by atoms with Gasteiger partial charge in [-0.05, 0) is 44.7 Å². The minimum atomic E-state index is -0.374. The number of nitrogens with zero attached hydrogens (tertiary/aromatic N) is 2. The van der Waals surface area contributed by atoms with Crippen molar-refractivity contribution in [3.63, 3.8) is 0 Å². The summed E-state index contributed by atoms with van der Waals surface area (Å²) >= 11 is 0. The van der Waals surface area contributed by atoms with Gasteiger partial charge >= 0.3 is 0 Å². The Bertz CT molecular complexity index is 610. The van der Waals surface area contributed by atoms with E-state index in [1.165, 1.54) is 17.6 Å². The number of hydrogen-bond acceptors (Lipinski definition) is 3. The number of piperidine rings is 1. The largest absolute Gasteiger partial charge is 0.341 e. The maximum absolute atomic E-state index is 12.3. The number of hydrogen-bond donors (Lipinski definition) is 0. The maximum Gasteiger partial charge on any atom is 0.262 e. The average Bonchev–Trinajstić information content (AvgIpc) is 2.43. The van der Waals surface area contributed by atoms with E-state index < -0.39 is 0 Å². The van der Waals surface area contributed by atoms with Crippen molar-refractivity contribution in [2.75, 3.05) is 13.1 Å². The van der Waals surface area contributed by atoms with Crippen molar-refractivity contribution in [2.24, 2.45) is 5.92 Å². The van der Waals surface area contributed by atoms with Crippen molar-refractivity contribution in [1.29, 1.82) is 0 Å². The molecule has 5 nitrogen and oxygen atoms in total. The second-order valence-corrected chi connectivity index (χ2v) is 5.90. The number of Topliss-reactive ketones (excluding diaryl/α,β-unsaturated/α-hetero) is 1. The smallest absolute Gasteiger partial charge is 0.262 e. The molecular weight excluding hydrogens is 268 g/mol. The molecule has 0 spiro atoms. The average molecular weight is 290 g/mol. The van der Waals surface area contributed by atoms with Gasteiger partial charge in [-0.1, -0.05) is 6.92 Å². The summed E-state index contributed by atoms with van der Waals surface area (Å²) in [7, 11) is 0. The van der Waals surface area contributed by atoms with E-state index in [-0.39, 0.29) is 29.4 Å². The van der Waals surface area contributed by atoms with Crippen molar-refractivity contribution in [2.45, 2.75) is 40.2 Å². The van der Waals surface area contributed by atoms with Crippen LogP contribution in [-0.4, -0.2) is 34.2 Å². The number of pyridine rings is 1. The Balaban J connectivity index is 2.19. The first-order valence-electron chi connectivity index (χ1n) is 7.39. The lowest BCUT2D eigenvalue weighted by atomic mass is 9.99. The standard InChI is InChI=1S/C16H22N2O3/c1-11-6-8-17(9-7-11)15(20)10-18-12(2)4-5-14(13(3)19)16(18)21/h4-5,11H,6-10H2,1-3H3. The Kier molecular flexibility index (Phi) is 4.60. The van der Waals surface area contributed by atoms with Crippen molar-refractivity contribution < 1.29 is 9.59 Å². The van der Waals surface area contributed by atoms with Gasteiger partial charge in [0.05, 0.1) is 5.56 Å². The first kappa shape index (κ1) is 15.5. The van der Waals surface area contributed by atoms with E-state index in [2.05, 4.69) is 6.92 Å². The van der Waals surface area contributed by atoms with Crippen molar-refractivity contribution in [3.8, 4) is 0 Å². The van der Waals surface area contributed by atoms with E-state index in [1.54, 1.807) is 13.0 Å². The minimum absolute atomic E-state index is 0.0141. The summed E-state index contributed by atoms with van der Waals surface area (Å²) in [5, 5.41) is 0. The van der Waals surface area contributed by atoms with Gasteiger partial charge in [-0.2, -0.15) is 0 Å². The summed E-state index contributed by atoms with van der Waals surface area (Å²) in [6.45, 7) is 6.84. The number of amides is 1. The summed E-state index contributed by atoms with van der Waals surface area (Å²) < 4.78 is 1.40. The molecule has 114 valence electrons. The fraction of sp³-hybridized carbons (Fsp3) is 0.562. The molecular formula is C16H22N2O3. The van der Waals surface area contributed by atoms with E-state index in [1.807, 2.05) is 4.90 Å². The molecule has 1 amide bonds. The monoisotopic (exact) mass is 290 g/mol. The van der Waals surface area contributed by atoms with Crippen molar-refractivity contribution in [1.82, 2.24) is 9.47 Å². The second kappa shape index (κ2) is 6.24. The molecule has 0 N–H and O–H groups in total. The molecule has 1 aliphatic heterocycles. The summed E-state index contributed by atoms with van der Waals surface area (Å²) in [5.41, 5.74) is 0.464. The van der Waals surface area contributed by atoms with Gasteiger partial charge < -0.3 is 9.47 Å². The van der Waals surface area contributed by atoms with Crippen molar-refractivity contribution >= 4 is 11.7 Å². The molecule has 0 unspecified atom stereocenters. The van der Waals surface area contributed by atoms with Gasteiger partial charge in [0, 0.05) is 18.8 Å². The predicted molar refractivity (Wildman–Crippen MR) is 80.4 cm³/mol. The van der Waals surface area contributed by atoms with Crippen LogP contribution >= 0.6 is 0 Å². The maximum atomic E-state index is 12.3. The van der Waals surface area contributed by atoms with E-state index in [9.17, 15) is 14.4 Å². The van der Waals surface area contributed by atoms with Crippen LogP contribution in [0.1, 0.15) is 42.7 Å². The minimum Gasteiger partial charge on any atom is -0.341 e. The van der Waals surface area contributed by atoms with Crippen LogP contribution in [0.5, 0.6) is 0 Å². The Morgan fingerprint density at radius 1 is 1.24 bits per heavy atom. The Morgan fingerprint density at radius 3 is 2.43 bits per heavy atom. The zero-order valence-corrected chi connectivity index (χ0v) is 12.9. The molecule has 2 rings (SSSR count). The SMILES string of the molecule is CC(=O)c1ccc(C)n(CC(=O)N2CCC(C)CC2)c1=O. The Morgan fingerprint density at radius 2 is 1.86 bits per heavy atom. The summed E-state index contributed by atoms with van der Waals surface area (Å²) in [6, 6.07) is 3.24. The number of carbonyl (C=O) groups excluding carboxylic acids is 2. The lowest BCUT2D eigenvalue weighted by molar-refractivity contribution is -0.133. The van der Waals surface area contributed by atoms with E-state index >= 15 is 0 Å². The molecule has 0 atom stereocenters. The molecule has 1 aromatic heterocycles. The van der Waals surface area contributed by atoms with Crippen LogP contribution in [0.3, 0.4) is 0 Å². The summed E-state index contributed by atoms with van der Waals surface area (Å²) in [4.78, 5) is 37.9. The number of likely N-dealkylation sites (tertiary alicyclic amines) is 1. The van der Waals surface area contributed by atoms with Crippen LogP contribution in [0.4, 0.5) is 0 Å². The normalized spacial score (nSPS) is 16.0. The highest BCUT2D eigenvalue weighted by molar-refractivity contribution is 5.93. The van der Waals surface area contributed by atoms with Crippen LogP contribution in [0.25, 0.3) is 0 Å². The first-order valence-corrected chi connectivity index (χ1v) is 7.39. The van der Waals surface area contributed by atoms with Crippen LogP contribution in [0.2, 0.25) is 0 Å². The van der Waals surface area contributed by atoms with Crippen molar-refractivity contribution in [3.05, 3.63) is 33.7 Å². The zero-order valence-electron chi connectivity index (χ0n) is 12.9. The van der Waals surface area contributed by atoms with Crippen LogP contribution in [-0.2, 0) is 11.3 Å².